The van der Waals surface area contributed by atoms with Crippen molar-refractivity contribution in [2.24, 2.45) is 5.73 Å². The number of benzene rings is 2. The summed E-state index contributed by atoms with van der Waals surface area (Å²) < 4.78 is 33.1. The van der Waals surface area contributed by atoms with Crippen LogP contribution >= 0.6 is 0 Å². The molecular weight excluding hydrogens is 945 g/mol. The lowest BCUT2D eigenvalue weighted by Crippen LogP contribution is -2.27. The van der Waals surface area contributed by atoms with E-state index in [9.17, 15) is 25.2 Å². The van der Waals surface area contributed by atoms with Crippen molar-refractivity contribution >= 4 is 35.1 Å². The van der Waals surface area contributed by atoms with Gasteiger partial charge in [0.05, 0.1) is 76.4 Å². The zero-order valence-electron chi connectivity index (χ0n) is 40.0. The average Bonchev–Trinajstić information content (AvgIpc) is 3.43. The summed E-state index contributed by atoms with van der Waals surface area (Å²) in [7, 11) is 2.77. The maximum absolute atomic E-state index is 12.2. The molecule has 8 N–H and O–H groups in total. The van der Waals surface area contributed by atoms with Crippen LogP contribution in [0.3, 0.4) is 0 Å². The number of aromatic carboxylic acids is 1. The molecule has 1 amide bonds. The van der Waals surface area contributed by atoms with Gasteiger partial charge >= 0.3 is 5.97 Å². The second-order valence-electron chi connectivity index (χ2n) is 15.6. The number of aliphatic hydroxyl groups is 2. The number of nitrogens with zero attached hydrogens (tertiary/aromatic N) is 8. The Labute approximate surface area is 419 Å². The van der Waals surface area contributed by atoms with E-state index in [1.807, 2.05) is 12.1 Å². The van der Waals surface area contributed by atoms with Gasteiger partial charge in [0.1, 0.15) is 82.9 Å². The van der Waals surface area contributed by atoms with Crippen molar-refractivity contribution in [3.8, 4) is 57.9 Å². The molecule has 2 fully saturated rings. The van der Waals surface area contributed by atoms with Crippen molar-refractivity contribution in [1.82, 2.24) is 35.2 Å². The molecule has 0 spiro atoms. The lowest BCUT2D eigenvalue weighted by atomic mass is 10.1. The topological polar surface area (TPSA) is 337 Å². The molecule has 0 unspecified atom stereocenters. The van der Waals surface area contributed by atoms with Crippen LogP contribution in [0.15, 0.2) is 85.5 Å². The highest BCUT2D eigenvalue weighted by molar-refractivity contribution is 5.96. The highest BCUT2D eigenvalue weighted by atomic mass is 16.5. The van der Waals surface area contributed by atoms with Crippen LogP contribution in [0.25, 0.3) is 22.5 Å². The van der Waals surface area contributed by atoms with Gasteiger partial charge in [-0.1, -0.05) is 0 Å². The number of hydrogen-bond donors (Lipinski definition) is 7. The highest BCUT2D eigenvalue weighted by Crippen LogP contribution is 2.31. The van der Waals surface area contributed by atoms with E-state index >= 15 is 0 Å². The molecule has 2 saturated heterocycles. The average molecular weight is 999 g/mol. The van der Waals surface area contributed by atoms with Crippen molar-refractivity contribution in [2.75, 3.05) is 77.6 Å². The number of ether oxygens (including phenoxy) is 6. The summed E-state index contributed by atoms with van der Waals surface area (Å²) in [6.45, 7) is 3.05. The first-order valence-corrected chi connectivity index (χ1v) is 22.9. The molecule has 6 aromatic rings. The maximum atomic E-state index is 12.2. The van der Waals surface area contributed by atoms with Crippen molar-refractivity contribution in [2.45, 2.75) is 37.9 Å². The largest absolute Gasteiger partial charge is 0.489 e. The van der Waals surface area contributed by atoms with Crippen LogP contribution in [0.4, 0.5) is 23.3 Å². The molecule has 0 radical (unpaired) electrons. The predicted octanol–water partition coefficient (Wildman–Crippen LogP) is 4.80. The number of aromatic nitrogens is 6. The van der Waals surface area contributed by atoms with Crippen molar-refractivity contribution in [1.29, 1.82) is 10.5 Å². The smallest absolute Gasteiger partial charge is 0.341 e. The Balaban J connectivity index is 0.000000223. The number of nitrogens with two attached hydrogens (primary N) is 1. The number of methoxy groups -OCH3 is 2. The van der Waals surface area contributed by atoms with Gasteiger partial charge in [-0.3, -0.25) is 4.79 Å². The number of carbonyl (C=O) groups excluding carboxylic acids is 1. The third-order valence-electron chi connectivity index (χ3n) is 10.7. The Kier molecular flexibility index (Phi) is 20.4. The van der Waals surface area contributed by atoms with Gasteiger partial charge in [-0.2, -0.15) is 20.5 Å². The van der Waals surface area contributed by atoms with Gasteiger partial charge in [0.25, 0.3) is 5.91 Å². The van der Waals surface area contributed by atoms with Crippen LogP contribution in [0.2, 0.25) is 0 Å². The monoisotopic (exact) mass is 998 g/mol. The number of aliphatic hydroxyl groups excluding tert-OH is 2. The molecule has 2 aliphatic heterocycles. The number of amides is 1. The number of carboxylic acids is 1. The molecule has 8 rings (SSSR count). The van der Waals surface area contributed by atoms with Gasteiger partial charge in [-0.25, -0.2) is 24.7 Å². The number of hydrogen-bond acceptors (Lipinski definition) is 21. The van der Waals surface area contributed by atoms with Crippen LogP contribution in [0, 0.1) is 22.7 Å². The van der Waals surface area contributed by atoms with E-state index in [-0.39, 0.29) is 54.9 Å². The summed E-state index contributed by atoms with van der Waals surface area (Å²) >= 11 is 0. The Morgan fingerprint density at radius 1 is 0.658 bits per heavy atom. The van der Waals surface area contributed by atoms with E-state index in [1.54, 1.807) is 48.5 Å². The minimum Gasteiger partial charge on any atom is -0.489 e. The summed E-state index contributed by atoms with van der Waals surface area (Å²) in [6, 6.07) is 24.6. The fourth-order valence-corrected chi connectivity index (χ4v) is 7.07. The van der Waals surface area contributed by atoms with E-state index in [4.69, 9.17) is 44.4 Å². The molecule has 0 atom stereocenters. The molecule has 23 heteroatoms. The summed E-state index contributed by atoms with van der Waals surface area (Å²) in [5.41, 5.74) is 8.48. The number of nitriles is 2. The fraction of sp³-hybridized carbons (Fsp3) is 0.320. The molecule has 73 heavy (non-hydrogen) atoms. The molecule has 4 aromatic heterocycles. The first-order valence-electron chi connectivity index (χ1n) is 22.9. The standard InChI is InChI=1S/C25H26N6O5.C23H21N5O5.C2H7NO/c1-34-25-19(24(33)27-8-9-32)3-5-22(31-25)30-23-13-20(28-15-29-23)16-2-4-21(17(12-16)14-26)36-18-6-10-35-11-7-18;1-31-22-17(23(29)30)3-5-20(28-22)27-21-11-18(25-13-26-21)14-2-4-19(15(10-14)12-24)33-16-6-8-32-9-7-16;3-1-2-4/h2-5,12-13,15,18,32H,6-11H2,1H3,(H,27,33)(H,28,29,30,31);2-5,10-11,13,16H,6-9H2,1H3,(H,29,30)(H,25,26,27,28);4H,1-3H2. The lowest BCUT2D eigenvalue weighted by Gasteiger charge is -2.23. The molecule has 6 heterocycles. The van der Waals surface area contributed by atoms with Crippen molar-refractivity contribution < 1.29 is 53.3 Å². The number of anilines is 4. The zero-order valence-corrected chi connectivity index (χ0v) is 40.0. The van der Waals surface area contributed by atoms with Gasteiger partial charge in [0.2, 0.25) is 11.8 Å². The molecule has 23 nitrogen and oxygen atoms in total. The van der Waals surface area contributed by atoms with Gasteiger partial charge in [0, 0.05) is 62.0 Å². The third kappa shape index (κ3) is 15.5. The Bertz CT molecular complexity index is 2880. The SMILES string of the molecule is COc1nc(Nc2cc(-c3ccc(OC4CCOCC4)c(C#N)c3)ncn2)ccc1C(=O)NCCO.COc1nc(Nc2cc(-c3ccc(OC4CCOCC4)c(C#N)c3)ncn2)ccc1C(=O)O.NCCO. The van der Waals surface area contributed by atoms with E-state index in [0.29, 0.717) is 90.3 Å². The fourth-order valence-electron chi connectivity index (χ4n) is 7.07. The highest BCUT2D eigenvalue weighted by Gasteiger charge is 2.21. The number of carboxylic acid groups (broad SMARTS) is 1. The molecular formula is C50H54N12O11. The summed E-state index contributed by atoms with van der Waals surface area (Å²) in [6.07, 6.45) is 6.02. The van der Waals surface area contributed by atoms with E-state index in [0.717, 1.165) is 36.8 Å². The first-order chi connectivity index (χ1) is 35.6. The zero-order chi connectivity index (χ0) is 52.0. The lowest BCUT2D eigenvalue weighted by molar-refractivity contribution is 0.0252. The molecule has 0 bridgehead atoms. The van der Waals surface area contributed by atoms with Gasteiger partial charge in [-0.15, -0.1) is 0 Å². The van der Waals surface area contributed by atoms with Crippen LogP contribution in [-0.2, 0) is 9.47 Å². The maximum Gasteiger partial charge on any atom is 0.341 e. The van der Waals surface area contributed by atoms with Gasteiger partial charge < -0.3 is 65.4 Å². The van der Waals surface area contributed by atoms with Crippen LogP contribution < -0.4 is 40.6 Å². The summed E-state index contributed by atoms with van der Waals surface area (Å²) in [5, 5.41) is 53.8. The van der Waals surface area contributed by atoms with Crippen LogP contribution in [0.1, 0.15) is 57.5 Å². The number of carbonyl (C=O) groups is 2. The van der Waals surface area contributed by atoms with Gasteiger partial charge in [0.15, 0.2) is 0 Å². The van der Waals surface area contributed by atoms with E-state index in [2.05, 4.69) is 58.0 Å². The van der Waals surface area contributed by atoms with Crippen LogP contribution in [0.5, 0.6) is 23.3 Å². The summed E-state index contributed by atoms with van der Waals surface area (Å²) in [5.74, 6) is 1.34. The minimum absolute atomic E-state index is 0.0134. The van der Waals surface area contributed by atoms with Crippen molar-refractivity contribution in [3.05, 3.63) is 108 Å². The Morgan fingerprint density at radius 3 is 1.52 bits per heavy atom. The summed E-state index contributed by atoms with van der Waals surface area (Å²) in [4.78, 5) is 49.0. The number of nitrogens with one attached hydrogen (secondary N) is 3. The van der Waals surface area contributed by atoms with Crippen LogP contribution in [-0.4, -0.2) is 136 Å². The molecule has 380 valence electrons. The number of pyridine rings is 2. The van der Waals surface area contributed by atoms with E-state index in [1.165, 1.54) is 39.0 Å². The third-order valence-corrected chi connectivity index (χ3v) is 10.7. The Morgan fingerprint density at radius 2 is 1.11 bits per heavy atom. The normalized spacial score (nSPS) is 13.2. The van der Waals surface area contributed by atoms with E-state index < -0.39 is 11.9 Å². The quantitative estimate of drug-likeness (QED) is 0.0645. The molecule has 2 aliphatic rings. The number of rotatable bonds is 17. The minimum atomic E-state index is -1.13. The van der Waals surface area contributed by atoms with Crippen molar-refractivity contribution in [3.63, 3.8) is 0 Å². The predicted molar refractivity (Wildman–Crippen MR) is 264 cm³/mol. The molecule has 0 saturated carbocycles. The molecule has 0 aliphatic carbocycles. The van der Waals surface area contributed by atoms with Gasteiger partial charge in [-0.05, 0) is 60.7 Å². The second kappa shape index (κ2) is 27.7. The molecule has 2 aromatic carbocycles. The first kappa shape index (κ1) is 53.8. The Hall–Kier alpha value is -8.58. The second-order valence-corrected chi connectivity index (χ2v) is 15.6.